The molecule has 2 rings (SSSR count). The van der Waals surface area contributed by atoms with Gasteiger partial charge in [-0.25, -0.2) is 0 Å². The molecule has 0 aliphatic heterocycles. The highest BCUT2D eigenvalue weighted by atomic mass is 35.5. The van der Waals surface area contributed by atoms with Crippen LogP contribution < -0.4 is 15.8 Å². The number of hydrogen-bond donors (Lipinski definition) is 2. The van der Waals surface area contributed by atoms with Crippen molar-refractivity contribution in [1.29, 1.82) is 0 Å². The van der Waals surface area contributed by atoms with Gasteiger partial charge >= 0.3 is 0 Å². The van der Waals surface area contributed by atoms with Crippen LogP contribution in [-0.2, 0) is 0 Å². The van der Waals surface area contributed by atoms with Crippen molar-refractivity contribution >= 4 is 34.8 Å². The van der Waals surface area contributed by atoms with Crippen LogP contribution in [0, 0.1) is 10.1 Å². The van der Waals surface area contributed by atoms with E-state index < -0.39 is 16.7 Å². The summed E-state index contributed by atoms with van der Waals surface area (Å²) in [7, 11) is 3.69. The Morgan fingerprint density at radius 1 is 1.08 bits per heavy atom. The van der Waals surface area contributed by atoms with Crippen molar-refractivity contribution < 1.29 is 14.5 Å². The molecule has 0 saturated carbocycles. The summed E-state index contributed by atoms with van der Waals surface area (Å²) in [6.07, 6.45) is 0. The number of carbonyl (C=O) groups excluding carboxylic acids is 2. The van der Waals surface area contributed by atoms with Gasteiger partial charge in [-0.1, -0.05) is 17.7 Å². The number of nitrogens with zero attached hydrogens (tertiary/aromatic N) is 2. The van der Waals surface area contributed by atoms with Gasteiger partial charge in [-0.2, -0.15) is 0 Å². The molecule has 0 aliphatic carbocycles. The largest absolute Gasteiger partial charge is 0.378 e. The quantitative estimate of drug-likeness (QED) is 0.641. The normalized spacial score (nSPS) is 10.0. The minimum Gasteiger partial charge on any atom is -0.378 e. The van der Waals surface area contributed by atoms with E-state index in [2.05, 4.69) is 10.9 Å². The summed E-state index contributed by atoms with van der Waals surface area (Å²) >= 11 is 5.87. The topological polar surface area (TPSA) is 105 Å². The molecule has 130 valence electrons. The van der Waals surface area contributed by atoms with E-state index in [9.17, 15) is 19.7 Å². The molecule has 0 atom stereocenters. The molecule has 0 aliphatic rings. The van der Waals surface area contributed by atoms with Crippen LogP contribution in [0.25, 0.3) is 0 Å². The van der Waals surface area contributed by atoms with Crippen LogP contribution in [0.2, 0.25) is 5.02 Å². The Labute approximate surface area is 148 Å². The molecule has 0 fully saturated rings. The van der Waals surface area contributed by atoms with Gasteiger partial charge in [0.1, 0.15) is 0 Å². The van der Waals surface area contributed by atoms with E-state index in [4.69, 9.17) is 11.6 Å². The first-order chi connectivity index (χ1) is 11.8. The number of anilines is 1. The molecule has 9 heteroatoms. The monoisotopic (exact) mass is 362 g/mol. The zero-order chi connectivity index (χ0) is 18.6. The van der Waals surface area contributed by atoms with E-state index in [1.165, 1.54) is 6.07 Å². The summed E-state index contributed by atoms with van der Waals surface area (Å²) < 4.78 is 0. The van der Waals surface area contributed by atoms with Crippen molar-refractivity contribution in [2.24, 2.45) is 0 Å². The Morgan fingerprint density at radius 2 is 1.76 bits per heavy atom. The van der Waals surface area contributed by atoms with Crippen molar-refractivity contribution in [1.82, 2.24) is 10.9 Å². The Morgan fingerprint density at radius 3 is 2.36 bits per heavy atom. The molecule has 2 aromatic rings. The van der Waals surface area contributed by atoms with E-state index in [-0.39, 0.29) is 16.3 Å². The number of nitro benzene ring substituents is 1. The maximum absolute atomic E-state index is 12.1. The first-order valence-electron chi connectivity index (χ1n) is 7.11. The fourth-order valence-electron chi connectivity index (χ4n) is 1.98. The molecule has 2 N–H and O–H groups in total. The predicted molar refractivity (Wildman–Crippen MR) is 93.8 cm³/mol. The molecule has 8 nitrogen and oxygen atoms in total. The fraction of sp³-hybridized carbons (Fsp3) is 0.125. The third kappa shape index (κ3) is 4.45. The minimum atomic E-state index is -0.683. The van der Waals surface area contributed by atoms with Crippen molar-refractivity contribution in [2.75, 3.05) is 19.0 Å². The van der Waals surface area contributed by atoms with Gasteiger partial charge in [-0.05, 0) is 24.3 Å². The van der Waals surface area contributed by atoms with E-state index in [1.807, 2.05) is 25.1 Å². The molecule has 0 spiro atoms. The second-order valence-corrected chi connectivity index (χ2v) is 5.68. The number of nitro groups is 1. The lowest BCUT2D eigenvalue weighted by atomic mass is 10.2. The molecule has 2 amide bonds. The lowest BCUT2D eigenvalue weighted by molar-refractivity contribution is -0.384. The molecule has 0 aromatic heterocycles. The van der Waals surface area contributed by atoms with Gasteiger partial charge in [0.05, 0.1) is 15.5 Å². The SMILES string of the molecule is CN(C)c1cccc(C(=O)NNC(=O)c2ccc([N+](=O)[O-])cc2Cl)c1. The third-order valence-corrected chi connectivity index (χ3v) is 3.64. The Kier molecular flexibility index (Phi) is 5.56. The van der Waals surface area contributed by atoms with Gasteiger partial charge in [0.2, 0.25) is 0 Å². The van der Waals surface area contributed by atoms with Crippen LogP contribution in [0.3, 0.4) is 0 Å². The molecule has 25 heavy (non-hydrogen) atoms. The van der Waals surface area contributed by atoms with Crippen molar-refractivity contribution in [3.05, 3.63) is 68.7 Å². The molecule has 0 radical (unpaired) electrons. The maximum atomic E-state index is 12.1. The Hall–Kier alpha value is -3.13. The smallest absolute Gasteiger partial charge is 0.271 e. The number of carbonyl (C=O) groups is 2. The van der Waals surface area contributed by atoms with Crippen molar-refractivity contribution in [2.45, 2.75) is 0 Å². The molecular weight excluding hydrogens is 348 g/mol. The van der Waals surface area contributed by atoms with E-state index in [1.54, 1.807) is 18.2 Å². The Bertz CT molecular complexity index is 839. The number of non-ortho nitro benzene ring substituents is 1. The third-order valence-electron chi connectivity index (χ3n) is 3.32. The molecule has 0 bridgehead atoms. The zero-order valence-electron chi connectivity index (χ0n) is 13.4. The molecule has 0 heterocycles. The highest BCUT2D eigenvalue weighted by Gasteiger charge is 2.16. The van der Waals surface area contributed by atoms with Gasteiger partial charge in [0.15, 0.2) is 0 Å². The summed E-state index contributed by atoms with van der Waals surface area (Å²) in [5.41, 5.74) is 5.48. The molecular formula is C16H15ClN4O4. The van der Waals surface area contributed by atoms with E-state index in [0.29, 0.717) is 5.56 Å². The lowest BCUT2D eigenvalue weighted by Gasteiger charge is -2.14. The van der Waals surface area contributed by atoms with Gasteiger partial charge < -0.3 is 4.90 Å². The van der Waals surface area contributed by atoms with Crippen LogP contribution in [0.1, 0.15) is 20.7 Å². The number of halogens is 1. The van der Waals surface area contributed by atoms with Crippen LogP contribution in [0.15, 0.2) is 42.5 Å². The number of hydrogen-bond acceptors (Lipinski definition) is 5. The summed E-state index contributed by atoms with van der Waals surface area (Å²) in [5, 5.41) is 10.6. The Balaban J connectivity index is 2.06. The lowest BCUT2D eigenvalue weighted by Crippen LogP contribution is -2.41. The summed E-state index contributed by atoms with van der Waals surface area (Å²) in [4.78, 5) is 36.1. The van der Waals surface area contributed by atoms with Gasteiger partial charge in [0, 0.05) is 37.5 Å². The molecule has 0 unspecified atom stereocenters. The van der Waals surface area contributed by atoms with Crippen LogP contribution >= 0.6 is 11.6 Å². The highest BCUT2D eigenvalue weighted by molar-refractivity contribution is 6.34. The summed E-state index contributed by atoms with van der Waals surface area (Å²) in [5.74, 6) is -1.19. The fourth-order valence-corrected chi connectivity index (χ4v) is 2.24. The maximum Gasteiger partial charge on any atom is 0.271 e. The van der Waals surface area contributed by atoms with Crippen LogP contribution in [0.4, 0.5) is 11.4 Å². The van der Waals surface area contributed by atoms with Crippen molar-refractivity contribution in [3.8, 4) is 0 Å². The number of benzene rings is 2. The summed E-state index contributed by atoms with van der Waals surface area (Å²) in [6.45, 7) is 0. The zero-order valence-corrected chi connectivity index (χ0v) is 14.2. The van der Waals surface area contributed by atoms with Gasteiger partial charge in [0.25, 0.3) is 17.5 Å². The number of nitrogens with one attached hydrogen (secondary N) is 2. The number of amides is 2. The van der Waals surface area contributed by atoms with Gasteiger partial charge in [-0.3, -0.25) is 30.6 Å². The number of rotatable bonds is 4. The second kappa shape index (κ2) is 7.63. The standard InChI is InChI=1S/C16H15ClN4O4/c1-20(2)11-5-3-4-10(8-11)15(22)18-19-16(23)13-7-6-12(21(24)25)9-14(13)17/h3-9H,1-2H3,(H,18,22)(H,19,23). The van der Waals surface area contributed by atoms with Crippen molar-refractivity contribution in [3.63, 3.8) is 0 Å². The first-order valence-corrected chi connectivity index (χ1v) is 7.49. The van der Waals surface area contributed by atoms with Crippen LogP contribution in [0.5, 0.6) is 0 Å². The van der Waals surface area contributed by atoms with Gasteiger partial charge in [-0.15, -0.1) is 0 Å². The van der Waals surface area contributed by atoms with E-state index >= 15 is 0 Å². The highest BCUT2D eigenvalue weighted by Crippen LogP contribution is 2.22. The minimum absolute atomic E-state index is 0.00890. The average Bonchev–Trinajstić information content (AvgIpc) is 2.59. The second-order valence-electron chi connectivity index (χ2n) is 5.27. The average molecular weight is 363 g/mol. The molecule has 0 saturated heterocycles. The first kappa shape index (κ1) is 18.2. The summed E-state index contributed by atoms with van der Waals surface area (Å²) in [6, 6.07) is 10.3. The molecule has 2 aromatic carbocycles. The van der Waals surface area contributed by atoms with Crippen LogP contribution in [-0.4, -0.2) is 30.8 Å². The predicted octanol–water partition coefficient (Wildman–Crippen LogP) is 2.39. The number of hydrazine groups is 1. The van der Waals surface area contributed by atoms with E-state index in [0.717, 1.165) is 17.8 Å².